The molecular weight excluding hydrogens is 629 g/mol. The summed E-state index contributed by atoms with van der Waals surface area (Å²) in [5.74, 6) is -0.903. The molecule has 240 valence electrons. The number of oxazole rings is 1. The van der Waals surface area contributed by atoms with Crippen molar-refractivity contribution < 1.29 is 40.7 Å². The van der Waals surface area contributed by atoms with Gasteiger partial charge in [0.1, 0.15) is 34.3 Å². The third-order valence-electron chi connectivity index (χ3n) is 7.46. The number of nitrogens with zero attached hydrogens (tertiary/aromatic N) is 1. The highest BCUT2D eigenvalue weighted by Gasteiger charge is 2.25. The smallest absolute Gasteiger partial charge is 0.337 e. The van der Waals surface area contributed by atoms with Crippen LogP contribution in [0.2, 0.25) is 0 Å². The van der Waals surface area contributed by atoms with Gasteiger partial charge in [0.05, 0.1) is 30.9 Å². The first-order valence-electron chi connectivity index (χ1n) is 14.2. The number of sulfone groups is 1. The monoisotopic (exact) mass is 657 g/mol. The number of amides is 1. The molecule has 2 aromatic heterocycles. The van der Waals surface area contributed by atoms with Crippen molar-refractivity contribution >= 4 is 49.5 Å². The van der Waals surface area contributed by atoms with E-state index in [4.69, 9.17) is 18.3 Å². The maximum atomic E-state index is 13.7. The van der Waals surface area contributed by atoms with Crippen LogP contribution in [0.15, 0.2) is 81.6 Å². The van der Waals surface area contributed by atoms with Gasteiger partial charge in [0, 0.05) is 41.6 Å². The number of benzene rings is 4. The molecule has 1 amide bonds. The number of halogens is 1. The molecule has 0 atom stereocenters. The average molecular weight is 658 g/mol. The maximum absolute atomic E-state index is 13.7. The van der Waals surface area contributed by atoms with Crippen LogP contribution in [-0.2, 0) is 14.6 Å². The fraction of sp³-hybridized carbons (Fsp3) is 0.147. The quantitative estimate of drug-likeness (QED) is 0.170. The number of nitrogens with one attached hydrogen (secondary N) is 2. The Morgan fingerprint density at radius 1 is 0.894 bits per heavy atom. The molecule has 0 saturated carbocycles. The second-order valence-electron chi connectivity index (χ2n) is 10.6. The number of hydrogen-bond acceptors (Lipinski definition) is 10. The van der Waals surface area contributed by atoms with Crippen molar-refractivity contribution in [3.8, 4) is 39.7 Å². The number of aromatic nitrogens is 1. The second kappa shape index (κ2) is 12.2. The SMILES string of the molecule is CNC(=O)c1c(-c2ccc(F)cc2)oc2cc(NCS(C)(=O)=O)c(-c3ccc(OC)c(-c4nc5cc(C(=O)OC)ccc5o4)c3)cc12. The molecule has 0 bridgehead atoms. The van der Waals surface area contributed by atoms with E-state index in [-0.39, 0.29) is 23.1 Å². The number of carbonyl (C=O) groups excluding carboxylic acids is 2. The van der Waals surface area contributed by atoms with Gasteiger partial charge in [-0.3, -0.25) is 4.79 Å². The Bertz CT molecular complexity index is 2290. The zero-order chi connectivity index (χ0) is 33.5. The molecule has 47 heavy (non-hydrogen) atoms. The number of carbonyl (C=O) groups is 2. The summed E-state index contributed by atoms with van der Waals surface area (Å²) >= 11 is 0. The van der Waals surface area contributed by atoms with Crippen molar-refractivity contribution in [2.45, 2.75) is 0 Å². The molecule has 2 heterocycles. The van der Waals surface area contributed by atoms with Gasteiger partial charge in [-0.15, -0.1) is 0 Å². The zero-order valence-corrected chi connectivity index (χ0v) is 26.5. The summed E-state index contributed by atoms with van der Waals surface area (Å²) in [6, 6.07) is 18.9. The standard InChI is InChI=1S/C34H28FN3O8S/c1-36-32(39)30-23-15-22(25(37-17-47(4,41)42)16-29(23)45-31(30)18-5-9-21(35)10-6-18)19-7-11-27(43-2)24(13-19)33-38-26-14-20(34(40)44-3)8-12-28(26)46-33/h5-16,37H,17H2,1-4H3,(H,36,39). The molecule has 6 rings (SSSR count). The Labute approximate surface area is 268 Å². The van der Waals surface area contributed by atoms with Crippen LogP contribution in [0, 0.1) is 5.82 Å². The normalized spacial score (nSPS) is 11.5. The molecule has 11 nitrogen and oxygen atoms in total. The van der Waals surface area contributed by atoms with Crippen LogP contribution in [-0.4, -0.2) is 58.7 Å². The van der Waals surface area contributed by atoms with E-state index in [2.05, 4.69) is 15.6 Å². The third-order valence-corrected chi connectivity index (χ3v) is 8.13. The molecule has 2 N–H and O–H groups in total. The van der Waals surface area contributed by atoms with Gasteiger partial charge in [-0.1, -0.05) is 6.07 Å². The van der Waals surface area contributed by atoms with Crippen molar-refractivity contribution in [3.05, 3.63) is 89.7 Å². The average Bonchev–Trinajstić information content (AvgIpc) is 3.67. The van der Waals surface area contributed by atoms with Gasteiger partial charge >= 0.3 is 5.97 Å². The molecule has 0 saturated heterocycles. The van der Waals surface area contributed by atoms with E-state index in [1.165, 1.54) is 45.5 Å². The van der Waals surface area contributed by atoms with E-state index >= 15 is 0 Å². The number of methoxy groups -OCH3 is 2. The summed E-state index contributed by atoms with van der Waals surface area (Å²) in [7, 11) is 0.829. The number of ether oxygens (including phenoxy) is 2. The van der Waals surface area contributed by atoms with Crippen molar-refractivity contribution in [2.24, 2.45) is 0 Å². The van der Waals surface area contributed by atoms with E-state index in [1.54, 1.807) is 48.5 Å². The van der Waals surface area contributed by atoms with Crippen LogP contribution < -0.4 is 15.4 Å². The predicted octanol–water partition coefficient (Wildman–Crippen LogP) is 6.28. The first-order chi connectivity index (χ1) is 22.5. The molecule has 0 aliphatic rings. The number of anilines is 1. The molecular formula is C34H28FN3O8S. The molecule has 0 aliphatic carbocycles. The predicted molar refractivity (Wildman–Crippen MR) is 175 cm³/mol. The Hall–Kier alpha value is -5.69. The van der Waals surface area contributed by atoms with E-state index in [0.717, 1.165) is 6.26 Å². The molecule has 0 radical (unpaired) electrons. The first-order valence-corrected chi connectivity index (χ1v) is 16.2. The minimum Gasteiger partial charge on any atom is -0.496 e. The summed E-state index contributed by atoms with van der Waals surface area (Å²) in [6.07, 6.45) is 1.10. The highest BCUT2D eigenvalue weighted by atomic mass is 32.2. The third kappa shape index (κ3) is 6.12. The van der Waals surface area contributed by atoms with Crippen LogP contribution in [0.1, 0.15) is 20.7 Å². The Morgan fingerprint density at radius 3 is 2.32 bits per heavy atom. The van der Waals surface area contributed by atoms with Gasteiger partial charge in [0.15, 0.2) is 15.4 Å². The van der Waals surface area contributed by atoms with Crippen LogP contribution in [0.25, 0.3) is 56.0 Å². The Kier molecular flexibility index (Phi) is 8.16. The Balaban J connectivity index is 1.56. The van der Waals surface area contributed by atoms with Crippen LogP contribution in [0.4, 0.5) is 10.1 Å². The lowest BCUT2D eigenvalue weighted by molar-refractivity contribution is 0.0600. The van der Waals surface area contributed by atoms with Gasteiger partial charge in [0.2, 0.25) is 5.89 Å². The minimum atomic E-state index is -3.45. The fourth-order valence-electron chi connectivity index (χ4n) is 5.22. The minimum absolute atomic E-state index is 0.209. The zero-order valence-electron chi connectivity index (χ0n) is 25.6. The second-order valence-corrected chi connectivity index (χ2v) is 12.8. The van der Waals surface area contributed by atoms with Crippen molar-refractivity contribution in [3.63, 3.8) is 0 Å². The lowest BCUT2D eigenvalue weighted by atomic mass is 9.97. The lowest BCUT2D eigenvalue weighted by Crippen LogP contribution is -2.18. The first kappa shape index (κ1) is 31.3. The number of hydrogen-bond donors (Lipinski definition) is 2. The number of fused-ring (bicyclic) bond motifs is 2. The molecule has 0 spiro atoms. The fourth-order valence-corrected chi connectivity index (χ4v) is 5.64. The topological polar surface area (TPSA) is 150 Å². The van der Waals surface area contributed by atoms with Gasteiger partial charge in [0.25, 0.3) is 5.91 Å². The van der Waals surface area contributed by atoms with Crippen LogP contribution in [0.5, 0.6) is 5.75 Å². The molecule has 0 unspecified atom stereocenters. The van der Waals surface area contributed by atoms with Crippen molar-refractivity contribution in [1.29, 1.82) is 0 Å². The van der Waals surface area contributed by atoms with Crippen molar-refractivity contribution in [2.75, 3.05) is 38.7 Å². The summed E-state index contributed by atoms with van der Waals surface area (Å²) < 4.78 is 60.7. The molecule has 6 aromatic rings. The number of rotatable bonds is 9. The highest BCUT2D eigenvalue weighted by molar-refractivity contribution is 7.90. The summed E-state index contributed by atoms with van der Waals surface area (Å²) in [6.45, 7) is 0. The number of esters is 1. The highest BCUT2D eigenvalue weighted by Crippen LogP contribution is 2.42. The summed E-state index contributed by atoms with van der Waals surface area (Å²) in [4.78, 5) is 29.9. The summed E-state index contributed by atoms with van der Waals surface area (Å²) in [5, 5.41) is 6.06. The van der Waals surface area contributed by atoms with Crippen LogP contribution >= 0.6 is 0 Å². The molecule has 13 heteroatoms. The Morgan fingerprint density at radius 2 is 1.64 bits per heavy atom. The van der Waals surface area contributed by atoms with Gasteiger partial charge < -0.3 is 28.9 Å². The molecule has 0 aliphatic heterocycles. The van der Waals surface area contributed by atoms with E-state index < -0.39 is 27.5 Å². The summed E-state index contributed by atoms with van der Waals surface area (Å²) in [5.41, 5.74) is 4.18. The number of furan rings is 1. The van der Waals surface area contributed by atoms with E-state index in [1.807, 2.05) is 0 Å². The van der Waals surface area contributed by atoms with E-state index in [0.29, 0.717) is 61.3 Å². The van der Waals surface area contributed by atoms with Gasteiger partial charge in [-0.25, -0.2) is 22.6 Å². The largest absolute Gasteiger partial charge is 0.496 e. The maximum Gasteiger partial charge on any atom is 0.337 e. The molecule has 0 fully saturated rings. The van der Waals surface area contributed by atoms with E-state index in [9.17, 15) is 22.4 Å². The molecule has 4 aromatic carbocycles. The van der Waals surface area contributed by atoms with Gasteiger partial charge in [-0.2, -0.15) is 0 Å². The van der Waals surface area contributed by atoms with Crippen molar-refractivity contribution in [1.82, 2.24) is 10.3 Å². The van der Waals surface area contributed by atoms with Crippen LogP contribution in [0.3, 0.4) is 0 Å². The van der Waals surface area contributed by atoms with Gasteiger partial charge in [-0.05, 0) is 66.2 Å². The lowest BCUT2D eigenvalue weighted by Gasteiger charge is -2.14.